The van der Waals surface area contributed by atoms with Crippen LogP contribution < -0.4 is 0 Å². The number of halogens is 2. The largest absolute Gasteiger partial charge is 0.478 e. The lowest BCUT2D eigenvalue weighted by Crippen LogP contribution is -1.97. The summed E-state index contributed by atoms with van der Waals surface area (Å²) < 4.78 is 14.1. The zero-order valence-electron chi connectivity index (χ0n) is 10.7. The number of fused-ring (bicyclic) bond motifs is 1. The van der Waals surface area contributed by atoms with Crippen molar-refractivity contribution in [2.75, 3.05) is 0 Å². The van der Waals surface area contributed by atoms with E-state index >= 15 is 0 Å². The minimum absolute atomic E-state index is 0.131. The number of hydrogen-bond donors (Lipinski definition) is 1. The van der Waals surface area contributed by atoms with Gasteiger partial charge in [-0.25, -0.2) is 9.18 Å². The van der Waals surface area contributed by atoms with E-state index in [0.29, 0.717) is 16.1 Å². The number of nitrogens with zero attached hydrogens (tertiary/aromatic N) is 1. The predicted octanol–water partition coefficient (Wildman–Crippen LogP) is 4.39. The Morgan fingerprint density at radius 3 is 2.67 bits per heavy atom. The second-order valence-corrected chi connectivity index (χ2v) is 4.96. The van der Waals surface area contributed by atoms with E-state index in [1.165, 1.54) is 24.3 Å². The van der Waals surface area contributed by atoms with Gasteiger partial charge in [0, 0.05) is 22.2 Å². The minimum Gasteiger partial charge on any atom is -0.478 e. The fraction of sp³-hybridized carbons (Fsp3) is 0. The molecule has 0 saturated heterocycles. The number of aromatic nitrogens is 1. The average Bonchev–Trinajstić information content (AvgIpc) is 2.46. The Kier molecular flexibility index (Phi) is 3.31. The van der Waals surface area contributed by atoms with E-state index < -0.39 is 11.8 Å². The molecule has 0 atom stereocenters. The highest BCUT2D eigenvalue weighted by atomic mass is 35.5. The summed E-state index contributed by atoms with van der Waals surface area (Å²) in [6.07, 6.45) is 1.56. The van der Waals surface area contributed by atoms with Crippen LogP contribution in [0, 0.1) is 5.82 Å². The lowest BCUT2D eigenvalue weighted by molar-refractivity contribution is 0.0697. The molecule has 5 heteroatoms. The van der Waals surface area contributed by atoms with Crippen LogP contribution in [0.25, 0.3) is 22.0 Å². The summed E-state index contributed by atoms with van der Waals surface area (Å²) in [4.78, 5) is 15.3. The van der Waals surface area contributed by atoms with Crippen LogP contribution >= 0.6 is 11.6 Å². The van der Waals surface area contributed by atoms with Crippen LogP contribution in [0.3, 0.4) is 0 Å². The second-order valence-electron chi connectivity index (χ2n) is 4.52. The molecule has 0 unspecified atom stereocenters. The molecule has 0 saturated carbocycles. The maximum Gasteiger partial charge on any atom is 0.335 e. The van der Waals surface area contributed by atoms with Crippen LogP contribution in [0.5, 0.6) is 0 Å². The Balaban J connectivity index is 2.31. The highest BCUT2D eigenvalue weighted by molar-refractivity contribution is 6.30. The summed E-state index contributed by atoms with van der Waals surface area (Å²) in [5.74, 6) is -1.54. The zero-order valence-corrected chi connectivity index (χ0v) is 11.4. The van der Waals surface area contributed by atoms with Crippen molar-refractivity contribution in [3.8, 4) is 11.3 Å². The van der Waals surface area contributed by atoms with E-state index in [1.54, 1.807) is 24.4 Å². The Hall–Kier alpha value is -2.46. The lowest BCUT2D eigenvalue weighted by atomic mass is 10.0. The monoisotopic (exact) mass is 301 g/mol. The van der Waals surface area contributed by atoms with Gasteiger partial charge in [-0.2, -0.15) is 0 Å². The van der Waals surface area contributed by atoms with Gasteiger partial charge in [0.1, 0.15) is 5.82 Å². The Morgan fingerprint density at radius 2 is 1.95 bits per heavy atom. The molecule has 3 aromatic rings. The molecular weight excluding hydrogens is 293 g/mol. The number of carbonyl (C=O) groups is 1. The number of aromatic carboxylic acids is 1. The minimum atomic E-state index is -1.04. The molecule has 3 rings (SSSR count). The maximum absolute atomic E-state index is 14.1. The van der Waals surface area contributed by atoms with Crippen LogP contribution in [-0.2, 0) is 0 Å². The molecule has 0 fully saturated rings. The highest BCUT2D eigenvalue weighted by Crippen LogP contribution is 2.30. The van der Waals surface area contributed by atoms with Gasteiger partial charge in [0.15, 0.2) is 0 Å². The topological polar surface area (TPSA) is 50.2 Å². The Bertz CT molecular complexity index is 864. The SMILES string of the molecule is O=C(O)c1ccc2ccnc(-c3ccc(Cl)cc3F)c2c1. The van der Waals surface area contributed by atoms with E-state index in [4.69, 9.17) is 16.7 Å². The number of carboxylic acid groups (broad SMARTS) is 1. The first-order valence-electron chi connectivity index (χ1n) is 6.14. The zero-order chi connectivity index (χ0) is 15.0. The van der Waals surface area contributed by atoms with E-state index in [2.05, 4.69) is 4.98 Å². The smallest absolute Gasteiger partial charge is 0.335 e. The highest BCUT2D eigenvalue weighted by Gasteiger charge is 2.12. The van der Waals surface area contributed by atoms with Crippen molar-refractivity contribution >= 4 is 28.3 Å². The van der Waals surface area contributed by atoms with Gasteiger partial charge in [-0.15, -0.1) is 0 Å². The van der Waals surface area contributed by atoms with Gasteiger partial charge in [-0.1, -0.05) is 17.7 Å². The van der Waals surface area contributed by atoms with Gasteiger partial charge in [0.05, 0.1) is 11.3 Å². The first kappa shape index (κ1) is 13.5. The van der Waals surface area contributed by atoms with Crippen molar-refractivity contribution < 1.29 is 14.3 Å². The second kappa shape index (κ2) is 5.14. The number of rotatable bonds is 2. The molecule has 104 valence electrons. The van der Waals surface area contributed by atoms with Gasteiger partial charge in [0.2, 0.25) is 0 Å². The van der Waals surface area contributed by atoms with Crippen LogP contribution in [0.1, 0.15) is 10.4 Å². The lowest BCUT2D eigenvalue weighted by Gasteiger charge is -2.08. The predicted molar refractivity (Wildman–Crippen MR) is 79.1 cm³/mol. The van der Waals surface area contributed by atoms with Gasteiger partial charge >= 0.3 is 5.97 Å². The van der Waals surface area contributed by atoms with E-state index in [-0.39, 0.29) is 11.1 Å². The van der Waals surface area contributed by atoms with Crippen molar-refractivity contribution in [1.29, 1.82) is 0 Å². The van der Waals surface area contributed by atoms with Crippen molar-refractivity contribution in [2.24, 2.45) is 0 Å². The molecule has 2 aromatic carbocycles. The fourth-order valence-electron chi connectivity index (χ4n) is 2.20. The van der Waals surface area contributed by atoms with E-state index in [0.717, 1.165) is 5.39 Å². The van der Waals surface area contributed by atoms with Crippen molar-refractivity contribution in [3.05, 3.63) is 65.1 Å². The Labute approximate surface area is 124 Å². The van der Waals surface area contributed by atoms with Crippen LogP contribution in [-0.4, -0.2) is 16.1 Å². The number of carboxylic acids is 1. The third-order valence-corrected chi connectivity index (χ3v) is 3.43. The number of benzene rings is 2. The third-order valence-electron chi connectivity index (χ3n) is 3.20. The molecule has 0 aliphatic rings. The van der Waals surface area contributed by atoms with Crippen LogP contribution in [0.4, 0.5) is 4.39 Å². The Morgan fingerprint density at radius 1 is 1.14 bits per heavy atom. The molecule has 0 aliphatic heterocycles. The molecule has 0 bridgehead atoms. The summed E-state index contributed by atoms with van der Waals surface area (Å²) in [5, 5.41) is 10.8. The molecule has 21 heavy (non-hydrogen) atoms. The summed E-state index contributed by atoms with van der Waals surface area (Å²) in [5.41, 5.74) is 0.809. The quantitative estimate of drug-likeness (QED) is 0.763. The van der Waals surface area contributed by atoms with Crippen molar-refractivity contribution in [1.82, 2.24) is 4.98 Å². The molecule has 1 N–H and O–H groups in total. The number of pyridine rings is 1. The van der Waals surface area contributed by atoms with Gasteiger partial charge in [-0.3, -0.25) is 4.98 Å². The normalized spacial score (nSPS) is 10.8. The summed E-state index contributed by atoms with van der Waals surface area (Å²) in [7, 11) is 0. The third kappa shape index (κ3) is 2.45. The van der Waals surface area contributed by atoms with Gasteiger partial charge < -0.3 is 5.11 Å². The molecular formula is C16H9ClFNO2. The first-order chi connectivity index (χ1) is 10.1. The van der Waals surface area contributed by atoms with Gasteiger partial charge in [-0.05, 0) is 41.8 Å². The van der Waals surface area contributed by atoms with E-state index in [1.807, 2.05) is 0 Å². The van der Waals surface area contributed by atoms with Crippen molar-refractivity contribution in [3.63, 3.8) is 0 Å². The fourth-order valence-corrected chi connectivity index (χ4v) is 2.36. The summed E-state index contributed by atoms with van der Waals surface area (Å²) in [6, 6.07) is 10.7. The van der Waals surface area contributed by atoms with Crippen LogP contribution in [0.15, 0.2) is 48.7 Å². The van der Waals surface area contributed by atoms with Crippen molar-refractivity contribution in [2.45, 2.75) is 0 Å². The molecule has 0 radical (unpaired) electrons. The van der Waals surface area contributed by atoms with Crippen LogP contribution in [0.2, 0.25) is 5.02 Å². The molecule has 1 aromatic heterocycles. The van der Waals surface area contributed by atoms with E-state index in [9.17, 15) is 9.18 Å². The first-order valence-corrected chi connectivity index (χ1v) is 6.51. The molecule has 0 spiro atoms. The standard InChI is InChI=1S/C16H9ClFNO2/c17-11-3-4-12(14(18)8-11)15-13-7-10(16(20)21)2-1-9(13)5-6-19-15/h1-8H,(H,20,21). The summed E-state index contributed by atoms with van der Waals surface area (Å²) in [6.45, 7) is 0. The maximum atomic E-state index is 14.1. The number of hydrogen-bond acceptors (Lipinski definition) is 2. The molecule has 1 heterocycles. The average molecular weight is 302 g/mol. The molecule has 3 nitrogen and oxygen atoms in total. The summed E-state index contributed by atoms with van der Waals surface area (Å²) >= 11 is 5.75. The molecule has 0 amide bonds. The van der Waals surface area contributed by atoms with Gasteiger partial charge in [0.25, 0.3) is 0 Å². The molecule has 0 aliphatic carbocycles.